The Morgan fingerprint density at radius 3 is 2.48 bits per heavy atom. The molecular formula is C19H20N4O3S. The van der Waals surface area contributed by atoms with Crippen LogP contribution in [0, 0.1) is 13.8 Å². The van der Waals surface area contributed by atoms with E-state index in [2.05, 4.69) is 15.8 Å². The van der Waals surface area contributed by atoms with Gasteiger partial charge in [-0.2, -0.15) is 0 Å². The molecule has 0 aliphatic carbocycles. The third-order valence-electron chi connectivity index (χ3n) is 4.00. The van der Waals surface area contributed by atoms with Gasteiger partial charge in [0.05, 0.1) is 12.2 Å². The van der Waals surface area contributed by atoms with Crippen molar-refractivity contribution in [3.05, 3.63) is 64.4 Å². The predicted molar refractivity (Wildman–Crippen MR) is 103 cm³/mol. The van der Waals surface area contributed by atoms with Gasteiger partial charge in [-0.05, 0) is 51.1 Å². The standard InChI is InChI=1S/C19H20N4O3S/c1-4-26-15-7-5-14(6-8-15)17(24)21-22-18(25)16-11-12(2)23(13(16)3)19-20-9-10-27-19/h5-11H,4H2,1-3H3,(H,21,24)(H,22,25). The van der Waals surface area contributed by atoms with Crippen LogP contribution in [0.25, 0.3) is 5.13 Å². The number of benzene rings is 1. The molecule has 8 heteroatoms. The number of carbonyl (C=O) groups excluding carboxylic acids is 2. The zero-order valence-electron chi connectivity index (χ0n) is 15.3. The Kier molecular flexibility index (Phi) is 5.56. The van der Waals surface area contributed by atoms with Crippen molar-refractivity contribution in [3.8, 4) is 10.9 Å². The van der Waals surface area contributed by atoms with Crippen molar-refractivity contribution in [1.29, 1.82) is 0 Å². The van der Waals surface area contributed by atoms with Gasteiger partial charge in [0.1, 0.15) is 5.75 Å². The van der Waals surface area contributed by atoms with Crippen molar-refractivity contribution >= 4 is 23.2 Å². The van der Waals surface area contributed by atoms with Gasteiger partial charge in [-0.3, -0.25) is 25.0 Å². The number of nitrogens with zero attached hydrogens (tertiary/aromatic N) is 2. The van der Waals surface area contributed by atoms with E-state index in [0.29, 0.717) is 23.5 Å². The molecule has 2 N–H and O–H groups in total. The van der Waals surface area contributed by atoms with Gasteiger partial charge in [-0.25, -0.2) is 4.98 Å². The summed E-state index contributed by atoms with van der Waals surface area (Å²) in [5, 5.41) is 2.67. The van der Waals surface area contributed by atoms with Gasteiger partial charge in [-0.15, -0.1) is 11.3 Å². The molecule has 0 atom stereocenters. The molecule has 0 bridgehead atoms. The molecule has 3 rings (SSSR count). The number of aryl methyl sites for hydroxylation is 1. The van der Waals surface area contributed by atoms with E-state index in [0.717, 1.165) is 16.5 Å². The van der Waals surface area contributed by atoms with Crippen LogP contribution >= 0.6 is 11.3 Å². The van der Waals surface area contributed by atoms with E-state index < -0.39 is 5.91 Å². The molecular weight excluding hydrogens is 364 g/mol. The maximum absolute atomic E-state index is 12.5. The molecule has 0 aliphatic heterocycles. The average Bonchev–Trinajstić information content (AvgIpc) is 3.28. The third kappa shape index (κ3) is 4.01. The molecule has 7 nitrogen and oxygen atoms in total. The maximum Gasteiger partial charge on any atom is 0.271 e. The molecule has 1 aromatic carbocycles. The zero-order valence-corrected chi connectivity index (χ0v) is 16.1. The van der Waals surface area contributed by atoms with Gasteiger partial charge in [0.15, 0.2) is 5.13 Å². The smallest absolute Gasteiger partial charge is 0.271 e. The van der Waals surface area contributed by atoms with E-state index in [4.69, 9.17) is 4.74 Å². The number of hydrogen-bond acceptors (Lipinski definition) is 5. The Bertz CT molecular complexity index is 946. The number of carbonyl (C=O) groups is 2. The minimum atomic E-state index is -0.403. The summed E-state index contributed by atoms with van der Waals surface area (Å²) in [6, 6.07) is 8.47. The normalized spacial score (nSPS) is 10.5. The number of amides is 2. The first-order valence-corrected chi connectivity index (χ1v) is 9.31. The van der Waals surface area contributed by atoms with Gasteiger partial charge in [0.2, 0.25) is 0 Å². The fourth-order valence-corrected chi connectivity index (χ4v) is 3.49. The highest BCUT2D eigenvalue weighted by Crippen LogP contribution is 2.22. The summed E-state index contributed by atoms with van der Waals surface area (Å²) in [5.74, 6) is -0.0990. The van der Waals surface area contributed by atoms with Crippen LogP contribution < -0.4 is 15.6 Å². The minimum Gasteiger partial charge on any atom is -0.494 e. The first-order valence-electron chi connectivity index (χ1n) is 8.43. The lowest BCUT2D eigenvalue weighted by atomic mass is 10.2. The largest absolute Gasteiger partial charge is 0.494 e. The number of aromatic nitrogens is 2. The second-order valence-electron chi connectivity index (χ2n) is 5.80. The monoisotopic (exact) mass is 384 g/mol. The van der Waals surface area contributed by atoms with E-state index in [1.54, 1.807) is 36.5 Å². The predicted octanol–water partition coefficient (Wildman–Crippen LogP) is 3.02. The molecule has 0 spiro atoms. The Hall–Kier alpha value is -3.13. The van der Waals surface area contributed by atoms with Crippen LogP contribution in [0.15, 0.2) is 41.9 Å². The number of hydrogen-bond donors (Lipinski definition) is 2. The molecule has 0 saturated heterocycles. The topological polar surface area (TPSA) is 85.3 Å². The molecule has 0 saturated carbocycles. The quantitative estimate of drug-likeness (QED) is 0.662. The number of thiazole rings is 1. The van der Waals surface area contributed by atoms with E-state index in [-0.39, 0.29) is 5.91 Å². The van der Waals surface area contributed by atoms with Gasteiger partial charge < -0.3 is 4.74 Å². The van der Waals surface area contributed by atoms with Crippen LogP contribution in [-0.4, -0.2) is 28.0 Å². The van der Waals surface area contributed by atoms with E-state index >= 15 is 0 Å². The highest BCUT2D eigenvalue weighted by Gasteiger charge is 2.18. The second-order valence-corrected chi connectivity index (χ2v) is 6.67. The average molecular weight is 384 g/mol. The van der Waals surface area contributed by atoms with Crippen LogP contribution in [0.4, 0.5) is 0 Å². The Balaban J connectivity index is 1.67. The first kappa shape index (κ1) is 18.7. The number of rotatable bonds is 5. The summed E-state index contributed by atoms with van der Waals surface area (Å²) in [7, 11) is 0. The first-order chi connectivity index (χ1) is 13.0. The lowest BCUT2D eigenvalue weighted by Crippen LogP contribution is -2.41. The van der Waals surface area contributed by atoms with Crippen molar-refractivity contribution in [2.45, 2.75) is 20.8 Å². The zero-order chi connectivity index (χ0) is 19.4. The van der Waals surface area contributed by atoms with Gasteiger partial charge in [-0.1, -0.05) is 0 Å². The molecule has 2 aromatic heterocycles. The fourth-order valence-electron chi connectivity index (χ4n) is 2.74. The Morgan fingerprint density at radius 1 is 1.15 bits per heavy atom. The molecule has 27 heavy (non-hydrogen) atoms. The van der Waals surface area contributed by atoms with Gasteiger partial charge >= 0.3 is 0 Å². The van der Waals surface area contributed by atoms with Crippen LogP contribution in [0.3, 0.4) is 0 Å². The van der Waals surface area contributed by atoms with Crippen molar-refractivity contribution < 1.29 is 14.3 Å². The number of ether oxygens (including phenoxy) is 1. The molecule has 3 aromatic rings. The van der Waals surface area contributed by atoms with E-state index in [1.807, 2.05) is 30.7 Å². The van der Waals surface area contributed by atoms with Crippen LogP contribution in [0.2, 0.25) is 0 Å². The molecule has 0 fully saturated rings. The van der Waals surface area contributed by atoms with Crippen LogP contribution in [0.5, 0.6) is 5.75 Å². The summed E-state index contributed by atoms with van der Waals surface area (Å²) in [4.78, 5) is 29.0. The lowest BCUT2D eigenvalue weighted by molar-refractivity contribution is 0.0846. The van der Waals surface area contributed by atoms with Crippen molar-refractivity contribution in [3.63, 3.8) is 0 Å². The Labute approximate surface area is 161 Å². The SMILES string of the molecule is CCOc1ccc(C(=O)NNC(=O)c2cc(C)n(-c3nccs3)c2C)cc1. The fraction of sp³-hybridized carbons (Fsp3) is 0.211. The Morgan fingerprint density at radius 2 is 1.85 bits per heavy atom. The van der Waals surface area contributed by atoms with Crippen LogP contribution in [-0.2, 0) is 0 Å². The molecule has 2 amide bonds. The molecule has 140 valence electrons. The summed E-state index contributed by atoms with van der Waals surface area (Å²) >= 11 is 1.49. The molecule has 0 radical (unpaired) electrons. The summed E-state index contributed by atoms with van der Waals surface area (Å²) in [5.41, 5.74) is 7.46. The third-order valence-corrected chi connectivity index (χ3v) is 4.76. The summed E-state index contributed by atoms with van der Waals surface area (Å²) < 4.78 is 7.26. The highest BCUT2D eigenvalue weighted by atomic mass is 32.1. The lowest BCUT2D eigenvalue weighted by Gasteiger charge is -2.09. The molecule has 0 aliphatic rings. The van der Waals surface area contributed by atoms with Crippen molar-refractivity contribution in [1.82, 2.24) is 20.4 Å². The van der Waals surface area contributed by atoms with Crippen molar-refractivity contribution in [2.24, 2.45) is 0 Å². The maximum atomic E-state index is 12.5. The van der Waals surface area contributed by atoms with Crippen molar-refractivity contribution in [2.75, 3.05) is 6.61 Å². The van der Waals surface area contributed by atoms with E-state index in [9.17, 15) is 9.59 Å². The summed E-state index contributed by atoms with van der Waals surface area (Å²) in [6.07, 6.45) is 1.72. The molecule has 2 heterocycles. The van der Waals surface area contributed by atoms with Gasteiger partial charge in [0, 0.05) is 28.5 Å². The minimum absolute atomic E-state index is 0.384. The number of hydrazine groups is 1. The summed E-state index contributed by atoms with van der Waals surface area (Å²) in [6.45, 7) is 6.20. The highest BCUT2D eigenvalue weighted by molar-refractivity contribution is 7.12. The van der Waals surface area contributed by atoms with E-state index in [1.165, 1.54) is 11.3 Å². The molecule has 0 unspecified atom stereocenters. The van der Waals surface area contributed by atoms with Crippen LogP contribution in [0.1, 0.15) is 39.0 Å². The van der Waals surface area contributed by atoms with Gasteiger partial charge in [0.25, 0.3) is 11.8 Å². The number of nitrogens with one attached hydrogen (secondary N) is 2. The second kappa shape index (κ2) is 8.05.